The van der Waals surface area contributed by atoms with Crippen LogP contribution in [-0.4, -0.2) is 34.0 Å². The summed E-state index contributed by atoms with van der Waals surface area (Å²) in [6, 6.07) is 22.6. The van der Waals surface area contributed by atoms with Gasteiger partial charge >= 0.3 is 0 Å². The van der Waals surface area contributed by atoms with Crippen LogP contribution in [0.1, 0.15) is 43.4 Å². The average Bonchev–Trinajstić information content (AvgIpc) is 2.80. The summed E-state index contributed by atoms with van der Waals surface area (Å²) < 4.78 is 0. The molecule has 0 spiro atoms. The van der Waals surface area contributed by atoms with Crippen molar-refractivity contribution in [2.75, 3.05) is 13.2 Å². The van der Waals surface area contributed by atoms with Gasteiger partial charge < -0.3 is 10.0 Å². The maximum atomic E-state index is 13.2. The Morgan fingerprint density at radius 1 is 1.03 bits per heavy atom. The van der Waals surface area contributed by atoms with Gasteiger partial charge in [0.1, 0.15) is 0 Å². The van der Waals surface area contributed by atoms with Crippen LogP contribution in [0.2, 0.25) is 0 Å². The first-order valence-corrected chi connectivity index (χ1v) is 10.6. The number of aromatic nitrogens is 1. The van der Waals surface area contributed by atoms with Crippen molar-refractivity contribution in [2.45, 2.75) is 37.6 Å². The molecular formula is C26H28N2O2. The fraction of sp³-hybridized carbons (Fsp3) is 0.308. The number of hydrogen-bond acceptors (Lipinski definition) is 3. The minimum absolute atomic E-state index is 0.0170. The molecule has 4 nitrogen and oxygen atoms in total. The molecule has 0 bridgehead atoms. The molecule has 30 heavy (non-hydrogen) atoms. The molecule has 1 N–H and O–H groups in total. The molecule has 1 aliphatic heterocycles. The summed E-state index contributed by atoms with van der Waals surface area (Å²) in [6.45, 7) is 2.88. The first-order valence-electron chi connectivity index (χ1n) is 10.6. The van der Waals surface area contributed by atoms with Gasteiger partial charge in [-0.2, -0.15) is 0 Å². The molecule has 1 aliphatic rings. The zero-order chi connectivity index (χ0) is 21.0. The molecule has 0 unspecified atom stereocenters. The van der Waals surface area contributed by atoms with Crippen LogP contribution in [0, 0.1) is 0 Å². The Bertz CT molecular complexity index is 973. The van der Waals surface area contributed by atoms with E-state index in [1.807, 2.05) is 41.4 Å². The van der Waals surface area contributed by atoms with E-state index < -0.39 is 0 Å². The Labute approximate surface area is 178 Å². The van der Waals surface area contributed by atoms with Crippen molar-refractivity contribution in [3.8, 4) is 11.1 Å². The van der Waals surface area contributed by atoms with Crippen molar-refractivity contribution in [2.24, 2.45) is 0 Å². The van der Waals surface area contributed by atoms with Crippen LogP contribution < -0.4 is 0 Å². The number of aliphatic hydroxyl groups is 1. The number of hydrogen-bond donors (Lipinski definition) is 1. The highest BCUT2D eigenvalue weighted by Gasteiger charge is 2.41. The fourth-order valence-corrected chi connectivity index (χ4v) is 4.63. The van der Waals surface area contributed by atoms with Crippen molar-refractivity contribution in [1.29, 1.82) is 0 Å². The van der Waals surface area contributed by atoms with E-state index in [0.717, 1.165) is 28.7 Å². The number of rotatable bonds is 6. The third kappa shape index (κ3) is 4.01. The topological polar surface area (TPSA) is 53.4 Å². The molecule has 1 aromatic heterocycles. The zero-order valence-electron chi connectivity index (χ0n) is 17.4. The number of benzene rings is 2. The second kappa shape index (κ2) is 8.80. The maximum absolute atomic E-state index is 13.2. The smallest absolute Gasteiger partial charge is 0.223 e. The van der Waals surface area contributed by atoms with Gasteiger partial charge in [0.25, 0.3) is 0 Å². The van der Waals surface area contributed by atoms with Gasteiger partial charge in [-0.1, -0.05) is 60.7 Å². The molecule has 2 heterocycles. The van der Waals surface area contributed by atoms with E-state index in [-0.39, 0.29) is 24.0 Å². The first-order chi connectivity index (χ1) is 14.6. The fourth-order valence-electron chi connectivity index (χ4n) is 4.63. The SMILES string of the molecule is C[C@@H](c1ccc(-c2cccnc2)cc1)N1CC[C@](CCO)(c2ccccc2)CC1=O. The Kier molecular flexibility index (Phi) is 5.96. The molecule has 1 saturated heterocycles. The van der Waals surface area contributed by atoms with Crippen molar-refractivity contribution in [1.82, 2.24) is 9.88 Å². The Balaban J connectivity index is 1.51. The summed E-state index contributed by atoms with van der Waals surface area (Å²) in [6.07, 6.45) is 5.55. The average molecular weight is 401 g/mol. The minimum Gasteiger partial charge on any atom is -0.396 e. The Morgan fingerprint density at radius 2 is 1.80 bits per heavy atom. The summed E-state index contributed by atoms with van der Waals surface area (Å²) in [5.74, 6) is 0.155. The molecule has 1 amide bonds. The van der Waals surface area contributed by atoms with Gasteiger partial charge in [0.2, 0.25) is 5.91 Å². The lowest BCUT2D eigenvalue weighted by Gasteiger charge is -2.43. The van der Waals surface area contributed by atoms with Crippen molar-refractivity contribution in [3.63, 3.8) is 0 Å². The molecule has 2 aromatic carbocycles. The second-order valence-electron chi connectivity index (χ2n) is 8.17. The molecule has 3 aromatic rings. The normalized spacial score (nSPS) is 20.2. The Hall–Kier alpha value is -2.98. The van der Waals surface area contributed by atoms with Gasteiger partial charge in [-0.3, -0.25) is 9.78 Å². The standard InChI is InChI=1S/C26H28N2O2/c1-20(21-9-11-22(12-10-21)23-6-5-15-27-19-23)28-16-13-26(14-17-29,18-25(28)30)24-7-3-2-4-8-24/h2-12,15,19-20,29H,13-14,16-18H2,1H3/t20-,26+/m0/s1. The highest BCUT2D eigenvalue weighted by molar-refractivity contribution is 5.79. The maximum Gasteiger partial charge on any atom is 0.223 e. The summed E-state index contributed by atoms with van der Waals surface area (Å²) in [5, 5.41) is 9.67. The van der Waals surface area contributed by atoms with E-state index in [9.17, 15) is 9.90 Å². The summed E-state index contributed by atoms with van der Waals surface area (Å²) in [4.78, 5) is 19.4. The Morgan fingerprint density at radius 3 is 2.43 bits per heavy atom. The predicted molar refractivity (Wildman–Crippen MR) is 119 cm³/mol. The molecule has 4 rings (SSSR count). The van der Waals surface area contributed by atoms with E-state index in [1.165, 1.54) is 0 Å². The zero-order valence-corrected chi connectivity index (χ0v) is 17.4. The van der Waals surface area contributed by atoms with Crippen LogP contribution in [0.3, 0.4) is 0 Å². The largest absolute Gasteiger partial charge is 0.396 e. The monoisotopic (exact) mass is 400 g/mol. The summed E-state index contributed by atoms with van der Waals surface area (Å²) >= 11 is 0. The van der Waals surface area contributed by atoms with E-state index >= 15 is 0 Å². The quantitative estimate of drug-likeness (QED) is 0.649. The van der Waals surface area contributed by atoms with Crippen molar-refractivity contribution >= 4 is 5.91 Å². The number of aliphatic hydroxyl groups excluding tert-OH is 1. The third-order valence-electron chi connectivity index (χ3n) is 6.47. The number of pyridine rings is 1. The summed E-state index contributed by atoms with van der Waals surface area (Å²) in [7, 11) is 0. The molecular weight excluding hydrogens is 372 g/mol. The van der Waals surface area contributed by atoms with Gasteiger partial charge in [-0.25, -0.2) is 0 Å². The predicted octanol–water partition coefficient (Wildman–Crippen LogP) is 4.75. The van der Waals surface area contributed by atoms with Crippen LogP contribution in [0.15, 0.2) is 79.1 Å². The van der Waals surface area contributed by atoms with Gasteiger partial charge in [-0.15, -0.1) is 0 Å². The molecule has 0 saturated carbocycles. The van der Waals surface area contributed by atoms with E-state index in [0.29, 0.717) is 19.4 Å². The minimum atomic E-state index is -0.270. The highest BCUT2D eigenvalue weighted by Crippen LogP contribution is 2.41. The van der Waals surface area contributed by atoms with Gasteiger partial charge in [0.05, 0.1) is 6.04 Å². The first kappa shape index (κ1) is 20.3. The lowest BCUT2D eigenvalue weighted by molar-refractivity contribution is -0.138. The molecule has 2 atom stereocenters. The number of piperidine rings is 1. The molecule has 0 radical (unpaired) electrons. The van der Waals surface area contributed by atoms with Crippen LogP contribution >= 0.6 is 0 Å². The molecule has 1 fully saturated rings. The second-order valence-corrected chi connectivity index (χ2v) is 8.17. The van der Waals surface area contributed by atoms with Gasteiger partial charge in [0, 0.05) is 37.4 Å². The number of carbonyl (C=O) groups is 1. The highest BCUT2D eigenvalue weighted by atomic mass is 16.3. The summed E-state index contributed by atoms with van der Waals surface area (Å²) in [5.41, 5.74) is 4.22. The van der Waals surface area contributed by atoms with E-state index in [1.54, 1.807) is 6.20 Å². The van der Waals surface area contributed by atoms with Crippen LogP contribution in [0.5, 0.6) is 0 Å². The lowest BCUT2D eigenvalue weighted by atomic mass is 9.70. The van der Waals surface area contributed by atoms with Gasteiger partial charge in [0.15, 0.2) is 0 Å². The van der Waals surface area contributed by atoms with Crippen molar-refractivity contribution in [3.05, 3.63) is 90.3 Å². The molecule has 4 heteroatoms. The number of nitrogens with zero attached hydrogens (tertiary/aromatic N) is 2. The van der Waals surface area contributed by atoms with E-state index in [4.69, 9.17) is 0 Å². The third-order valence-corrected chi connectivity index (χ3v) is 6.47. The van der Waals surface area contributed by atoms with Crippen LogP contribution in [0.25, 0.3) is 11.1 Å². The molecule has 0 aliphatic carbocycles. The number of carbonyl (C=O) groups excluding carboxylic acids is 1. The number of likely N-dealkylation sites (tertiary alicyclic amines) is 1. The van der Waals surface area contributed by atoms with E-state index in [2.05, 4.69) is 48.3 Å². The molecule has 154 valence electrons. The van der Waals surface area contributed by atoms with Crippen LogP contribution in [0.4, 0.5) is 0 Å². The number of amides is 1. The van der Waals surface area contributed by atoms with Crippen LogP contribution in [-0.2, 0) is 10.2 Å². The van der Waals surface area contributed by atoms with Gasteiger partial charge in [-0.05, 0) is 48.1 Å². The van der Waals surface area contributed by atoms with Crippen molar-refractivity contribution < 1.29 is 9.90 Å². The lowest BCUT2D eigenvalue weighted by Crippen LogP contribution is -2.47.